The van der Waals surface area contributed by atoms with Crippen molar-refractivity contribution in [1.29, 1.82) is 0 Å². The van der Waals surface area contributed by atoms with Gasteiger partial charge in [0.15, 0.2) is 34.7 Å². The van der Waals surface area contributed by atoms with E-state index in [-0.39, 0.29) is 29.7 Å². The molecule has 2 aromatic carbocycles. The number of phenols is 1. The Hall–Kier alpha value is -4.33. The van der Waals surface area contributed by atoms with Crippen LogP contribution in [-0.4, -0.2) is 84.0 Å². The Labute approximate surface area is 237 Å². The van der Waals surface area contributed by atoms with Crippen LogP contribution < -0.4 is 10.6 Å². The first-order valence-electron chi connectivity index (χ1n) is 13.3. The van der Waals surface area contributed by atoms with Crippen LogP contribution >= 0.6 is 0 Å². The molecule has 0 aliphatic heterocycles. The molecule has 2 fully saturated rings. The van der Waals surface area contributed by atoms with E-state index in [9.17, 15) is 34.2 Å². The van der Waals surface area contributed by atoms with Crippen LogP contribution in [0.25, 0.3) is 0 Å². The summed E-state index contributed by atoms with van der Waals surface area (Å²) in [5.74, 6) is -4.94. The van der Waals surface area contributed by atoms with E-state index in [1.165, 1.54) is 4.90 Å². The minimum atomic E-state index is -2.76. The van der Waals surface area contributed by atoms with Gasteiger partial charge in [0.05, 0.1) is 23.1 Å². The van der Waals surface area contributed by atoms with Crippen molar-refractivity contribution in [3.63, 3.8) is 0 Å². The highest BCUT2D eigenvalue weighted by Gasteiger charge is 2.69. The van der Waals surface area contributed by atoms with E-state index in [0.29, 0.717) is 16.8 Å². The predicted molar refractivity (Wildman–Crippen MR) is 148 cm³/mol. The Balaban J connectivity index is 1.65. The normalized spacial score (nSPS) is 28.8. The monoisotopic (exact) mass is 557 g/mol. The van der Waals surface area contributed by atoms with Gasteiger partial charge in [-0.1, -0.05) is 30.0 Å². The van der Waals surface area contributed by atoms with Crippen LogP contribution in [0.5, 0.6) is 5.75 Å². The van der Waals surface area contributed by atoms with Gasteiger partial charge < -0.3 is 20.8 Å². The Morgan fingerprint density at radius 1 is 1.02 bits per heavy atom. The van der Waals surface area contributed by atoms with Gasteiger partial charge in [-0.25, -0.2) is 0 Å². The van der Waals surface area contributed by atoms with Crippen molar-refractivity contribution in [3.05, 3.63) is 58.7 Å². The van der Waals surface area contributed by atoms with E-state index in [1.807, 2.05) is 18.2 Å². The molecule has 0 bridgehead atoms. The molecule has 0 radical (unpaired) electrons. The zero-order chi connectivity index (χ0) is 30.0. The number of nitrogens with two attached hydrogens (primary N) is 1. The maximum Gasteiger partial charge on any atom is 0.235 e. The van der Waals surface area contributed by atoms with Gasteiger partial charge in [-0.15, -0.1) is 0 Å². The molecule has 212 valence electrons. The molecule has 0 aromatic heterocycles. The summed E-state index contributed by atoms with van der Waals surface area (Å²) in [5.41, 5.74) is 4.56. The number of fused-ring (bicyclic) bond motifs is 3. The number of ketones is 4. The molecule has 2 aromatic rings. The van der Waals surface area contributed by atoms with Crippen LogP contribution in [0.3, 0.4) is 0 Å². The van der Waals surface area contributed by atoms with E-state index in [4.69, 9.17) is 5.73 Å². The quantitative estimate of drug-likeness (QED) is 0.357. The first-order valence-corrected chi connectivity index (χ1v) is 13.3. The van der Waals surface area contributed by atoms with E-state index in [0.717, 1.165) is 0 Å². The Morgan fingerprint density at radius 2 is 1.68 bits per heavy atom. The van der Waals surface area contributed by atoms with Crippen molar-refractivity contribution in [2.75, 3.05) is 33.1 Å². The number of anilines is 1. The van der Waals surface area contributed by atoms with E-state index < -0.39 is 64.4 Å². The fourth-order valence-electron chi connectivity index (χ4n) is 6.81. The molecular weight excluding hydrogens is 526 g/mol. The number of rotatable bonds is 3. The second kappa shape index (κ2) is 9.94. The Morgan fingerprint density at radius 3 is 2.27 bits per heavy atom. The molecule has 3 aliphatic carbocycles. The molecule has 3 aliphatic rings. The molecule has 2 unspecified atom stereocenters. The number of aliphatic hydroxyl groups is 1. The zero-order valence-corrected chi connectivity index (χ0v) is 23.2. The summed E-state index contributed by atoms with van der Waals surface area (Å²) in [6.45, 7) is 0. The SMILES string of the molecule is CN(C)c1cc(C#Cc2ccccc2)c(O)c2c1C[C@H]1C[C@H]3[C@H](N(C)C)C(=O)C(C(N)=O)C(=O)[C@@]3(O)C(=O)C1C2=O. The molecule has 0 spiro atoms. The molecule has 6 atom stereocenters. The minimum absolute atomic E-state index is 0.00686. The standard InChI is InChI=1S/C31H31N3O7/c1-33(2)20-14-16(11-10-15-8-6-5-7-9-15)25(35)22-18(20)12-17-13-19-24(34(3)4)27(37)23(30(32)40)29(39)31(19,41)28(38)21(17)26(22)36/h5-9,14,17,19,21,23-24,35,41H,12-13H2,1-4H3,(H2,32,40)/t17-,19-,21?,23?,24-,31-/m0/s1. The van der Waals surface area contributed by atoms with Crippen molar-refractivity contribution in [1.82, 2.24) is 4.90 Å². The lowest BCUT2D eigenvalue weighted by Crippen LogP contribution is -2.74. The number of nitrogens with zero attached hydrogens (tertiary/aromatic N) is 2. The number of hydrogen-bond acceptors (Lipinski definition) is 9. The van der Waals surface area contributed by atoms with Crippen molar-refractivity contribution in [2.45, 2.75) is 24.5 Å². The van der Waals surface area contributed by atoms with Gasteiger partial charge in [-0.05, 0) is 56.6 Å². The van der Waals surface area contributed by atoms with Gasteiger partial charge in [-0.3, -0.25) is 28.9 Å². The lowest BCUT2D eigenvalue weighted by Gasteiger charge is -2.52. The lowest BCUT2D eigenvalue weighted by atomic mass is 9.52. The number of amides is 1. The Bertz CT molecular complexity index is 1570. The van der Waals surface area contributed by atoms with Crippen LogP contribution in [0, 0.1) is 35.5 Å². The molecule has 0 saturated heterocycles. The summed E-state index contributed by atoms with van der Waals surface area (Å²) in [6.07, 6.45) is 0.173. The van der Waals surface area contributed by atoms with Crippen LogP contribution in [-0.2, 0) is 25.6 Å². The largest absolute Gasteiger partial charge is 0.506 e. The first kappa shape index (κ1) is 28.2. The average Bonchev–Trinajstić information content (AvgIpc) is 2.90. The van der Waals surface area contributed by atoms with Gasteiger partial charge in [0, 0.05) is 31.3 Å². The number of carbonyl (C=O) groups is 5. The molecule has 10 heteroatoms. The zero-order valence-electron chi connectivity index (χ0n) is 23.2. The number of hydrogen-bond donors (Lipinski definition) is 3. The minimum Gasteiger partial charge on any atom is -0.506 e. The third-order valence-electron chi connectivity index (χ3n) is 8.63. The summed E-state index contributed by atoms with van der Waals surface area (Å²) in [4.78, 5) is 70.1. The highest BCUT2D eigenvalue weighted by Crippen LogP contribution is 2.52. The number of benzene rings is 2. The fraction of sp³-hybridized carbons (Fsp3) is 0.387. The molecule has 10 nitrogen and oxygen atoms in total. The smallest absolute Gasteiger partial charge is 0.235 e. The second-order valence-corrected chi connectivity index (χ2v) is 11.4. The first-order chi connectivity index (χ1) is 19.3. The maximum atomic E-state index is 14.1. The molecule has 1 amide bonds. The van der Waals surface area contributed by atoms with Crippen molar-refractivity contribution in [2.24, 2.45) is 29.4 Å². The van der Waals surface area contributed by atoms with Crippen LogP contribution in [0.4, 0.5) is 5.69 Å². The lowest BCUT2D eigenvalue weighted by molar-refractivity contribution is -0.181. The molecule has 2 saturated carbocycles. The van der Waals surface area contributed by atoms with Gasteiger partial charge in [0.2, 0.25) is 5.91 Å². The van der Waals surface area contributed by atoms with E-state index in [1.54, 1.807) is 51.3 Å². The summed E-state index contributed by atoms with van der Waals surface area (Å²) < 4.78 is 0. The molecule has 0 heterocycles. The number of Topliss-reactive ketones (excluding diaryl/α,β-unsaturated/α-hetero) is 4. The van der Waals surface area contributed by atoms with Crippen molar-refractivity contribution in [3.8, 4) is 17.6 Å². The number of aromatic hydroxyl groups is 1. The Kier molecular flexibility index (Phi) is 6.84. The number of likely N-dealkylation sites (N-methyl/N-ethyl adjacent to an activating group) is 1. The third-order valence-corrected chi connectivity index (χ3v) is 8.63. The molecule has 4 N–H and O–H groups in total. The van der Waals surface area contributed by atoms with Crippen LogP contribution in [0.1, 0.15) is 33.5 Å². The van der Waals surface area contributed by atoms with Gasteiger partial charge in [-0.2, -0.15) is 0 Å². The molecule has 41 heavy (non-hydrogen) atoms. The van der Waals surface area contributed by atoms with Crippen LogP contribution in [0.2, 0.25) is 0 Å². The predicted octanol–water partition coefficient (Wildman–Crippen LogP) is 0.333. The highest BCUT2D eigenvalue weighted by molar-refractivity contribution is 6.32. The topological polar surface area (TPSA) is 158 Å². The number of primary amides is 1. The fourth-order valence-corrected chi connectivity index (χ4v) is 6.81. The van der Waals surface area contributed by atoms with Crippen molar-refractivity contribution < 1.29 is 34.2 Å². The summed E-state index contributed by atoms with van der Waals surface area (Å²) in [7, 11) is 6.67. The average molecular weight is 558 g/mol. The summed E-state index contributed by atoms with van der Waals surface area (Å²) in [6, 6.07) is 9.63. The van der Waals surface area contributed by atoms with Gasteiger partial charge in [0.1, 0.15) is 5.75 Å². The van der Waals surface area contributed by atoms with Crippen molar-refractivity contribution >= 4 is 34.7 Å². The summed E-state index contributed by atoms with van der Waals surface area (Å²) >= 11 is 0. The van der Waals surface area contributed by atoms with E-state index >= 15 is 0 Å². The highest BCUT2D eigenvalue weighted by atomic mass is 16.3. The summed E-state index contributed by atoms with van der Waals surface area (Å²) in [5, 5.41) is 23.0. The van der Waals surface area contributed by atoms with Gasteiger partial charge in [0.25, 0.3) is 0 Å². The second-order valence-electron chi connectivity index (χ2n) is 11.4. The van der Waals surface area contributed by atoms with Crippen LogP contribution in [0.15, 0.2) is 36.4 Å². The number of phenolic OH excluding ortho intramolecular Hbond substituents is 1. The third kappa shape index (κ3) is 4.15. The molecule has 5 rings (SSSR count). The van der Waals surface area contributed by atoms with Gasteiger partial charge >= 0.3 is 0 Å². The number of carbonyl (C=O) groups excluding carboxylic acids is 5. The maximum absolute atomic E-state index is 14.1. The van der Waals surface area contributed by atoms with E-state index in [2.05, 4.69) is 11.8 Å². The molecular formula is C31H31N3O7.